The lowest BCUT2D eigenvalue weighted by Gasteiger charge is -2.17. The lowest BCUT2D eigenvalue weighted by molar-refractivity contribution is 0.281. The van der Waals surface area contributed by atoms with E-state index in [-0.39, 0.29) is 12.5 Å². The maximum absolute atomic E-state index is 9.22. The van der Waals surface area contributed by atoms with Crippen molar-refractivity contribution in [3.8, 4) is 0 Å². The quantitative estimate of drug-likeness (QED) is 0.874. The van der Waals surface area contributed by atoms with Gasteiger partial charge in [0.05, 0.1) is 0 Å². The number of aliphatic hydroxyl groups is 1. The minimum absolute atomic E-state index is 0.149. The summed E-state index contributed by atoms with van der Waals surface area (Å²) in [6.07, 6.45) is 0.684. The highest BCUT2D eigenvalue weighted by Gasteiger charge is 2.13. The molecule has 2 rings (SSSR count). The standard InChI is InChI=1S/C15H14Cl2O/c16-13-5-1-11(2-6-13)15(9-10-18)12-3-7-14(17)8-4-12/h1-8,15,18H,9-10H2. The Hall–Kier alpha value is -1.02. The second kappa shape index (κ2) is 6.24. The van der Waals surface area contributed by atoms with Gasteiger partial charge in [0.25, 0.3) is 0 Å². The van der Waals surface area contributed by atoms with Crippen molar-refractivity contribution in [2.75, 3.05) is 6.61 Å². The molecular formula is C15H14Cl2O. The van der Waals surface area contributed by atoms with E-state index < -0.39 is 0 Å². The Bertz CT molecular complexity index is 445. The van der Waals surface area contributed by atoms with Crippen LogP contribution in [0.2, 0.25) is 10.0 Å². The molecule has 94 valence electrons. The SMILES string of the molecule is OCCC(c1ccc(Cl)cc1)c1ccc(Cl)cc1. The zero-order valence-corrected chi connectivity index (χ0v) is 11.3. The predicted molar refractivity (Wildman–Crippen MR) is 76.4 cm³/mol. The summed E-state index contributed by atoms with van der Waals surface area (Å²) in [6.45, 7) is 0.149. The Kier molecular flexibility index (Phi) is 4.65. The number of hydrogen-bond donors (Lipinski definition) is 1. The summed E-state index contributed by atoms with van der Waals surface area (Å²) in [7, 11) is 0. The molecule has 0 bridgehead atoms. The molecule has 1 N–H and O–H groups in total. The van der Waals surface area contributed by atoms with E-state index in [0.29, 0.717) is 6.42 Å². The predicted octanol–water partition coefficient (Wildman–Crippen LogP) is 4.51. The van der Waals surface area contributed by atoms with Crippen LogP contribution in [0.5, 0.6) is 0 Å². The molecule has 1 nitrogen and oxygen atoms in total. The minimum atomic E-state index is 0.149. The zero-order valence-electron chi connectivity index (χ0n) is 9.81. The Balaban J connectivity index is 2.33. The van der Waals surface area contributed by atoms with Crippen LogP contribution < -0.4 is 0 Å². The van der Waals surface area contributed by atoms with E-state index in [9.17, 15) is 5.11 Å². The zero-order chi connectivity index (χ0) is 13.0. The number of hydrogen-bond acceptors (Lipinski definition) is 1. The smallest absolute Gasteiger partial charge is 0.0440 e. The molecule has 0 spiro atoms. The second-order valence-corrected chi connectivity index (χ2v) is 5.04. The molecule has 0 atom stereocenters. The molecule has 0 unspecified atom stereocenters. The maximum Gasteiger partial charge on any atom is 0.0440 e. The van der Waals surface area contributed by atoms with Crippen LogP contribution >= 0.6 is 23.2 Å². The molecule has 2 aromatic carbocycles. The maximum atomic E-state index is 9.22. The van der Waals surface area contributed by atoms with Crippen molar-refractivity contribution in [3.05, 3.63) is 69.7 Å². The average molecular weight is 281 g/mol. The molecule has 0 aromatic heterocycles. The third kappa shape index (κ3) is 3.26. The Labute approximate surface area is 117 Å². The molecule has 0 saturated heterocycles. The topological polar surface area (TPSA) is 20.2 Å². The third-order valence-electron chi connectivity index (χ3n) is 2.96. The van der Waals surface area contributed by atoms with Gasteiger partial charge in [0.2, 0.25) is 0 Å². The summed E-state index contributed by atoms with van der Waals surface area (Å²) >= 11 is 11.8. The van der Waals surface area contributed by atoms with Crippen LogP contribution in [0.3, 0.4) is 0 Å². The van der Waals surface area contributed by atoms with Gasteiger partial charge in [0.15, 0.2) is 0 Å². The van der Waals surface area contributed by atoms with Gasteiger partial charge in [0, 0.05) is 22.6 Å². The van der Waals surface area contributed by atoms with Gasteiger partial charge in [0.1, 0.15) is 0 Å². The van der Waals surface area contributed by atoms with Crippen molar-refractivity contribution in [2.24, 2.45) is 0 Å². The van der Waals surface area contributed by atoms with E-state index in [1.807, 2.05) is 48.5 Å². The second-order valence-electron chi connectivity index (χ2n) is 4.17. The van der Waals surface area contributed by atoms with Crippen LogP contribution in [0.25, 0.3) is 0 Å². The van der Waals surface area contributed by atoms with Crippen LogP contribution in [-0.4, -0.2) is 11.7 Å². The fourth-order valence-corrected chi connectivity index (χ4v) is 2.30. The molecule has 3 heteroatoms. The average Bonchev–Trinajstić information content (AvgIpc) is 2.39. The summed E-state index contributed by atoms with van der Waals surface area (Å²) in [6, 6.07) is 15.5. The van der Waals surface area contributed by atoms with Gasteiger partial charge in [-0.2, -0.15) is 0 Å². The first-order valence-corrected chi connectivity index (χ1v) is 6.58. The van der Waals surface area contributed by atoms with Gasteiger partial charge in [-0.3, -0.25) is 0 Å². The molecule has 0 fully saturated rings. The molecule has 0 aliphatic carbocycles. The van der Waals surface area contributed by atoms with E-state index >= 15 is 0 Å². The van der Waals surface area contributed by atoms with Crippen molar-refractivity contribution in [1.82, 2.24) is 0 Å². The first kappa shape index (κ1) is 13.4. The van der Waals surface area contributed by atoms with Crippen molar-refractivity contribution in [1.29, 1.82) is 0 Å². The normalized spacial score (nSPS) is 10.9. The first-order chi connectivity index (χ1) is 8.70. The highest BCUT2D eigenvalue weighted by molar-refractivity contribution is 6.30. The largest absolute Gasteiger partial charge is 0.396 e. The van der Waals surface area contributed by atoms with Crippen LogP contribution in [0.4, 0.5) is 0 Å². The molecule has 0 saturated carbocycles. The number of aliphatic hydroxyl groups excluding tert-OH is 1. The summed E-state index contributed by atoms with van der Waals surface area (Å²) in [5.41, 5.74) is 2.30. The molecule has 0 amide bonds. The molecular weight excluding hydrogens is 267 g/mol. The number of rotatable bonds is 4. The number of halogens is 2. The monoisotopic (exact) mass is 280 g/mol. The van der Waals surface area contributed by atoms with Gasteiger partial charge in [-0.15, -0.1) is 0 Å². The Morgan fingerprint density at radius 3 is 1.50 bits per heavy atom. The van der Waals surface area contributed by atoms with E-state index in [2.05, 4.69) is 0 Å². The minimum Gasteiger partial charge on any atom is -0.396 e. The van der Waals surface area contributed by atoms with Crippen LogP contribution in [0, 0.1) is 0 Å². The highest BCUT2D eigenvalue weighted by Crippen LogP contribution is 2.29. The van der Waals surface area contributed by atoms with Gasteiger partial charge >= 0.3 is 0 Å². The highest BCUT2D eigenvalue weighted by atomic mass is 35.5. The molecule has 0 aliphatic heterocycles. The van der Waals surface area contributed by atoms with E-state index in [1.165, 1.54) is 0 Å². The lowest BCUT2D eigenvalue weighted by atomic mass is 9.89. The molecule has 18 heavy (non-hydrogen) atoms. The van der Waals surface area contributed by atoms with Gasteiger partial charge in [-0.1, -0.05) is 47.5 Å². The third-order valence-corrected chi connectivity index (χ3v) is 3.47. The molecule has 2 aromatic rings. The van der Waals surface area contributed by atoms with E-state index in [1.54, 1.807) is 0 Å². The Morgan fingerprint density at radius 1 is 0.778 bits per heavy atom. The summed E-state index contributed by atoms with van der Waals surface area (Å²) in [5, 5.41) is 10.7. The van der Waals surface area contributed by atoms with E-state index in [4.69, 9.17) is 23.2 Å². The van der Waals surface area contributed by atoms with Crippen LogP contribution in [-0.2, 0) is 0 Å². The van der Waals surface area contributed by atoms with Gasteiger partial charge in [-0.05, 0) is 41.8 Å². The van der Waals surface area contributed by atoms with Crippen molar-refractivity contribution >= 4 is 23.2 Å². The van der Waals surface area contributed by atoms with Crippen molar-refractivity contribution in [2.45, 2.75) is 12.3 Å². The van der Waals surface area contributed by atoms with Crippen molar-refractivity contribution in [3.63, 3.8) is 0 Å². The van der Waals surface area contributed by atoms with Gasteiger partial charge in [-0.25, -0.2) is 0 Å². The molecule has 0 radical (unpaired) electrons. The number of benzene rings is 2. The fraction of sp³-hybridized carbons (Fsp3) is 0.200. The lowest BCUT2D eigenvalue weighted by Crippen LogP contribution is -2.03. The summed E-state index contributed by atoms with van der Waals surface area (Å²) in [4.78, 5) is 0. The summed E-state index contributed by atoms with van der Waals surface area (Å²) < 4.78 is 0. The fourth-order valence-electron chi connectivity index (χ4n) is 2.05. The van der Waals surface area contributed by atoms with E-state index in [0.717, 1.165) is 21.2 Å². The first-order valence-electron chi connectivity index (χ1n) is 5.82. The Morgan fingerprint density at radius 2 is 1.17 bits per heavy atom. The van der Waals surface area contributed by atoms with Gasteiger partial charge < -0.3 is 5.11 Å². The van der Waals surface area contributed by atoms with Crippen molar-refractivity contribution < 1.29 is 5.11 Å². The molecule has 0 aliphatic rings. The molecule has 0 heterocycles. The van der Waals surface area contributed by atoms with Crippen LogP contribution in [0.15, 0.2) is 48.5 Å². The summed E-state index contributed by atoms with van der Waals surface area (Å²) in [5.74, 6) is 0.171. The van der Waals surface area contributed by atoms with Crippen LogP contribution in [0.1, 0.15) is 23.5 Å².